The number of halogens is 2. The van der Waals surface area contributed by atoms with Gasteiger partial charge in [0, 0.05) is 29.3 Å². The van der Waals surface area contributed by atoms with Gasteiger partial charge in [-0.25, -0.2) is 0 Å². The maximum atomic E-state index is 10.2. The Morgan fingerprint density at radius 1 is 1.00 bits per heavy atom. The van der Waals surface area contributed by atoms with Gasteiger partial charge in [0.1, 0.15) is 0 Å². The molecule has 2 heterocycles. The number of aromatic nitrogens is 2. The van der Waals surface area contributed by atoms with Crippen LogP contribution >= 0.6 is 23.2 Å². The van der Waals surface area contributed by atoms with E-state index in [4.69, 9.17) is 23.2 Å². The highest BCUT2D eigenvalue weighted by Gasteiger charge is 1.97. The molecule has 2 rings (SSSR count). The molecule has 5 heteroatoms. The van der Waals surface area contributed by atoms with E-state index >= 15 is 0 Å². The van der Waals surface area contributed by atoms with Crippen molar-refractivity contribution in [1.82, 2.24) is 9.97 Å². The number of nitrogens with zero attached hydrogens (tertiary/aromatic N) is 2. The van der Waals surface area contributed by atoms with E-state index in [2.05, 4.69) is 16.5 Å². The van der Waals surface area contributed by atoms with E-state index in [-0.39, 0.29) is 0 Å². The van der Waals surface area contributed by atoms with Crippen LogP contribution in [0.3, 0.4) is 0 Å². The molecule has 0 bridgehead atoms. The minimum absolute atomic E-state index is 0.437. The number of rotatable bonds is 2. The number of aldehydes is 1. The van der Waals surface area contributed by atoms with Crippen molar-refractivity contribution < 1.29 is 4.79 Å². The highest BCUT2D eigenvalue weighted by molar-refractivity contribution is 6.33. The molecule has 0 N–H and O–H groups in total. The monoisotopic (exact) mass is 308 g/mol. The molecular formula is C15H14Cl2N2O. The molecular weight excluding hydrogens is 295 g/mol. The van der Waals surface area contributed by atoms with Crippen LogP contribution in [0.15, 0.2) is 31.1 Å². The minimum atomic E-state index is 0.437. The molecule has 0 unspecified atom stereocenters. The second-order valence-corrected chi connectivity index (χ2v) is 4.83. The van der Waals surface area contributed by atoms with E-state index in [1.165, 1.54) is 6.20 Å². The standard InChI is InChI=1S/C8H8ClN.C7H6ClNO/c1-3-7-5-10-6(2)4-8(7)9;1-5-2-7(8)6(4-10)3-9-5/h3-5H,1H2,2H3;2-4H,1H3. The lowest BCUT2D eigenvalue weighted by Gasteiger charge is -1.96. The zero-order chi connectivity index (χ0) is 15.1. The van der Waals surface area contributed by atoms with Crippen LogP contribution in [-0.2, 0) is 0 Å². The van der Waals surface area contributed by atoms with E-state index in [0.717, 1.165) is 17.0 Å². The summed E-state index contributed by atoms with van der Waals surface area (Å²) in [6, 6.07) is 3.48. The van der Waals surface area contributed by atoms with Crippen LogP contribution in [0, 0.1) is 13.8 Å². The van der Waals surface area contributed by atoms with Crippen molar-refractivity contribution in [2.75, 3.05) is 0 Å². The molecule has 0 aliphatic heterocycles. The lowest BCUT2D eigenvalue weighted by molar-refractivity contribution is 0.112. The van der Waals surface area contributed by atoms with Gasteiger partial charge in [-0.2, -0.15) is 0 Å². The molecule has 0 aromatic carbocycles. The summed E-state index contributed by atoms with van der Waals surface area (Å²) < 4.78 is 0. The zero-order valence-corrected chi connectivity index (χ0v) is 12.7. The van der Waals surface area contributed by atoms with E-state index in [1.54, 1.807) is 18.3 Å². The second-order valence-electron chi connectivity index (χ2n) is 4.02. The molecule has 0 radical (unpaired) electrons. The van der Waals surface area contributed by atoms with Crippen LogP contribution in [0.2, 0.25) is 10.0 Å². The molecule has 0 spiro atoms. The Kier molecular flexibility index (Phi) is 6.36. The first-order valence-electron chi connectivity index (χ1n) is 5.79. The highest BCUT2D eigenvalue weighted by atomic mass is 35.5. The average Bonchev–Trinajstić information content (AvgIpc) is 2.40. The summed E-state index contributed by atoms with van der Waals surface area (Å²) >= 11 is 11.5. The quantitative estimate of drug-likeness (QED) is 0.765. The minimum Gasteiger partial charge on any atom is -0.298 e. The van der Waals surface area contributed by atoms with Crippen LogP contribution < -0.4 is 0 Å². The number of hydrogen-bond donors (Lipinski definition) is 0. The molecule has 0 atom stereocenters. The number of aryl methyl sites for hydroxylation is 2. The Bertz CT molecular complexity index is 572. The van der Waals surface area contributed by atoms with Crippen LogP contribution in [0.25, 0.3) is 6.08 Å². The highest BCUT2D eigenvalue weighted by Crippen LogP contribution is 2.15. The van der Waals surface area contributed by atoms with Crippen molar-refractivity contribution in [2.45, 2.75) is 13.8 Å². The second kappa shape index (κ2) is 7.78. The summed E-state index contributed by atoms with van der Waals surface area (Å²) in [4.78, 5) is 18.2. The predicted octanol–water partition coefficient (Wildman–Crippen LogP) is 4.54. The number of hydrogen-bond acceptors (Lipinski definition) is 3. The summed E-state index contributed by atoms with van der Waals surface area (Å²) in [5.74, 6) is 0. The number of carbonyl (C=O) groups excluding carboxylic acids is 1. The summed E-state index contributed by atoms with van der Waals surface area (Å²) in [6.45, 7) is 7.32. The molecule has 2 aromatic rings. The van der Waals surface area contributed by atoms with Gasteiger partial charge in [0.05, 0.1) is 15.6 Å². The SMILES string of the molecule is C=Cc1cnc(C)cc1Cl.Cc1cc(Cl)c(C=O)cn1. The van der Waals surface area contributed by atoms with E-state index in [1.807, 2.05) is 19.9 Å². The van der Waals surface area contributed by atoms with Gasteiger partial charge in [-0.15, -0.1) is 0 Å². The predicted molar refractivity (Wildman–Crippen MR) is 83.4 cm³/mol. The van der Waals surface area contributed by atoms with Gasteiger partial charge in [-0.3, -0.25) is 14.8 Å². The first-order valence-corrected chi connectivity index (χ1v) is 6.55. The van der Waals surface area contributed by atoms with Crippen LogP contribution in [0.1, 0.15) is 27.3 Å². The molecule has 3 nitrogen and oxygen atoms in total. The summed E-state index contributed by atoms with van der Waals surface area (Å²) in [7, 11) is 0. The summed E-state index contributed by atoms with van der Waals surface area (Å²) in [5, 5.41) is 1.17. The topological polar surface area (TPSA) is 42.9 Å². The Balaban J connectivity index is 0.000000200. The zero-order valence-electron chi connectivity index (χ0n) is 11.2. The molecule has 0 amide bonds. The molecule has 0 aliphatic rings. The Morgan fingerprint density at radius 3 is 1.80 bits per heavy atom. The van der Waals surface area contributed by atoms with Gasteiger partial charge >= 0.3 is 0 Å². The first kappa shape index (κ1) is 16.3. The molecule has 0 fully saturated rings. The van der Waals surface area contributed by atoms with Crippen molar-refractivity contribution in [3.63, 3.8) is 0 Å². The molecule has 0 aliphatic carbocycles. The lowest BCUT2D eigenvalue weighted by atomic mass is 10.2. The van der Waals surface area contributed by atoms with Crippen molar-refractivity contribution in [1.29, 1.82) is 0 Å². The lowest BCUT2D eigenvalue weighted by Crippen LogP contribution is -1.86. The van der Waals surface area contributed by atoms with E-state index in [9.17, 15) is 4.79 Å². The number of carbonyl (C=O) groups is 1. The fourth-order valence-corrected chi connectivity index (χ4v) is 1.85. The summed E-state index contributed by atoms with van der Waals surface area (Å²) in [5.41, 5.74) is 3.06. The smallest absolute Gasteiger partial charge is 0.153 e. The van der Waals surface area contributed by atoms with Gasteiger partial charge < -0.3 is 0 Å². The molecule has 2 aromatic heterocycles. The van der Waals surface area contributed by atoms with E-state index < -0.39 is 0 Å². The first-order chi connectivity index (χ1) is 9.47. The third-order valence-corrected chi connectivity index (χ3v) is 3.04. The van der Waals surface area contributed by atoms with Crippen molar-refractivity contribution in [2.24, 2.45) is 0 Å². The van der Waals surface area contributed by atoms with Gasteiger partial charge in [-0.1, -0.05) is 35.9 Å². The van der Waals surface area contributed by atoms with Gasteiger partial charge in [0.2, 0.25) is 0 Å². The fraction of sp³-hybridized carbons (Fsp3) is 0.133. The van der Waals surface area contributed by atoms with Crippen LogP contribution in [0.4, 0.5) is 0 Å². The Hall–Kier alpha value is -1.71. The van der Waals surface area contributed by atoms with Crippen molar-refractivity contribution in [3.8, 4) is 0 Å². The molecule has 20 heavy (non-hydrogen) atoms. The number of pyridine rings is 2. The third-order valence-electron chi connectivity index (χ3n) is 2.38. The maximum Gasteiger partial charge on any atom is 0.153 e. The van der Waals surface area contributed by atoms with Gasteiger partial charge in [0.15, 0.2) is 6.29 Å². The third kappa shape index (κ3) is 4.76. The summed E-state index contributed by atoms with van der Waals surface area (Å²) in [6.07, 6.45) is 5.55. The maximum absolute atomic E-state index is 10.2. The molecule has 104 valence electrons. The fourth-order valence-electron chi connectivity index (χ4n) is 1.31. The normalized spacial score (nSPS) is 9.40. The average molecular weight is 309 g/mol. The Labute approximate surface area is 128 Å². The van der Waals surface area contributed by atoms with Crippen LogP contribution in [-0.4, -0.2) is 16.3 Å². The van der Waals surface area contributed by atoms with Gasteiger partial charge in [0.25, 0.3) is 0 Å². The van der Waals surface area contributed by atoms with Crippen molar-refractivity contribution in [3.05, 3.63) is 63.7 Å². The van der Waals surface area contributed by atoms with E-state index in [0.29, 0.717) is 21.9 Å². The molecule has 0 saturated heterocycles. The molecule has 0 saturated carbocycles. The Morgan fingerprint density at radius 2 is 1.45 bits per heavy atom. The largest absolute Gasteiger partial charge is 0.298 e. The van der Waals surface area contributed by atoms with Gasteiger partial charge in [-0.05, 0) is 26.0 Å². The van der Waals surface area contributed by atoms with Crippen molar-refractivity contribution >= 4 is 35.6 Å². The van der Waals surface area contributed by atoms with Crippen LogP contribution in [0.5, 0.6) is 0 Å².